The summed E-state index contributed by atoms with van der Waals surface area (Å²) in [5.41, 5.74) is 0.779. The molecule has 6 nitrogen and oxygen atoms in total. The van der Waals surface area contributed by atoms with Gasteiger partial charge in [0.25, 0.3) is 5.69 Å². The van der Waals surface area contributed by atoms with E-state index in [9.17, 15) is 10.1 Å². The third-order valence-corrected chi connectivity index (χ3v) is 2.52. The summed E-state index contributed by atoms with van der Waals surface area (Å²) in [6.45, 7) is 3.05. The van der Waals surface area contributed by atoms with Crippen molar-refractivity contribution >= 4 is 11.4 Å². The molecule has 0 aliphatic carbocycles. The van der Waals surface area contributed by atoms with E-state index in [-0.39, 0.29) is 17.9 Å². The molecule has 0 radical (unpaired) electrons. The van der Waals surface area contributed by atoms with E-state index in [1.165, 1.54) is 12.1 Å². The monoisotopic (exact) mass is 249 g/mol. The smallest absolute Gasteiger partial charge is 0.270 e. The molecule has 0 heterocycles. The van der Waals surface area contributed by atoms with Crippen LogP contribution in [-0.4, -0.2) is 29.7 Å². The molecular formula is C12H15N3O3. The zero-order chi connectivity index (χ0) is 13.5. The largest absolute Gasteiger partial charge is 0.395 e. The first-order valence-electron chi connectivity index (χ1n) is 5.68. The van der Waals surface area contributed by atoms with Gasteiger partial charge in [0.15, 0.2) is 0 Å². The highest BCUT2D eigenvalue weighted by Crippen LogP contribution is 2.24. The molecule has 0 amide bonds. The third-order valence-electron chi connectivity index (χ3n) is 2.52. The van der Waals surface area contributed by atoms with Crippen LogP contribution in [0.4, 0.5) is 11.4 Å². The van der Waals surface area contributed by atoms with Crippen LogP contribution in [0.3, 0.4) is 0 Å². The summed E-state index contributed by atoms with van der Waals surface area (Å²) in [4.78, 5) is 12.0. The van der Waals surface area contributed by atoms with Gasteiger partial charge in [-0.05, 0) is 12.5 Å². The molecule has 0 spiro atoms. The molecule has 1 aromatic carbocycles. The fraction of sp³-hybridized carbons (Fsp3) is 0.417. The Hall–Kier alpha value is -2.13. The Bertz CT molecular complexity index is 462. The van der Waals surface area contributed by atoms with E-state index in [4.69, 9.17) is 10.4 Å². The van der Waals surface area contributed by atoms with E-state index in [0.717, 1.165) is 6.42 Å². The van der Waals surface area contributed by atoms with Gasteiger partial charge in [-0.15, -0.1) is 0 Å². The Morgan fingerprint density at radius 1 is 1.50 bits per heavy atom. The van der Waals surface area contributed by atoms with Gasteiger partial charge in [0.1, 0.15) is 6.07 Å². The van der Waals surface area contributed by atoms with Crippen molar-refractivity contribution in [2.45, 2.75) is 13.3 Å². The lowest BCUT2D eigenvalue weighted by Gasteiger charge is -2.24. The fourth-order valence-electron chi connectivity index (χ4n) is 1.75. The van der Waals surface area contributed by atoms with Crippen LogP contribution in [0.1, 0.15) is 18.9 Å². The molecule has 0 aliphatic rings. The lowest BCUT2D eigenvalue weighted by Crippen LogP contribution is -2.28. The third kappa shape index (κ3) is 3.18. The molecule has 0 bridgehead atoms. The van der Waals surface area contributed by atoms with Gasteiger partial charge in [-0.3, -0.25) is 10.1 Å². The molecule has 0 saturated carbocycles. The van der Waals surface area contributed by atoms with Crippen LogP contribution in [0.5, 0.6) is 0 Å². The Labute approximate surface area is 105 Å². The molecular weight excluding hydrogens is 234 g/mol. The molecule has 96 valence electrons. The van der Waals surface area contributed by atoms with E-state index in [1.807, 2.05) is 17.9 Å². The first-order valence-corrected chi connectivity index (χ1v) is 5.68. The summed E-state index contributed by atoms with van der Waals surface area (Å²) >= 11 is 0. The number of rotatable bonds is 6. The van der Waals surface area contributed by atoms with Crippen molar-refractivity contribution < 1.29 is 10.0 Å². The van der Waals surface area contributed by atoms with E-state index >= 15 is 0 Å². The van der Waals surface area contributed by atoms with Crippen molar-refractivity contribution in [2.24, 2.45) is 0 Å². The summed E-state index contributed by atoms with van der Waals surface area (Å²) in [5, 5.41) is 28.7. The van der Waals surface area contributed by atoms with Crippen molar-refractivity contribution in [1.29, 1.82) is 5.26 Å². The van der Waals surface area contributed by atoms with Gasteiger partial charge < -0.3 is 10.0 Å². The maximum atomic E-state index is 10.6. The zero-order valence-corrected chi connectivity index (χ0v) is 10.2. The molecule has 1 aromatic rings. The highest BCUT2D eigenvalue weighted by molar-refractivity contribution is 5.62. The van der Waals surface area contributed by atoms with Crippen LogP contribution < -0.4 is 4.90 Å². The van der Waals surface area contributed by atoms with Gasteiger partial charge in [0.05, 0.1) is 22.8 Å². The second-order valence-electron chi connectivity index (χ2n) is 3.78. The van der Waals surface area contributed by atoms with E-state index < -0.39 is 4.92 Å². The molecule has 0 fully saturated rings. The van der Waals surface area contributed by atoms with Gasteiger partial charge >= 0.3 is 0 Å². The zero-order valence-electron chi connectivity index (χ0n) is 10.2. The van der Waals surface area contributed by atoms with Crippen LogP contribution >= 0.6 is 0 Å². The van der Waals surface area contributed by atoms with Crippen LogP contribution in [0, 0.1) is 21.4 Å². The topological polar surface area (TPSA) is 90.4 Å². The minimum atomic E-state index is -0.527. The van der Waals surface area contributed by atoms with Gasteiger partial charge in [-0.2, -0.15) is 5.26 Å². The number of nitro groups is 1. The second-order valence-corrected chi connectivity index (χ2v) is 3.78. The molecule has 1 N–H and O–H groups in total. The molecule has 0 aliphatic heterocycles. The molecule has 0 unspecified atom stereocenters. The minimum absolute atomic E-state index is 0.0259. The SMILES string of the molecule is CCCN(CCO)c1ccc([N+](=O)[O-])cc1C#N. The first kappa shape index (κ1) is 13.9. The van der Waals surface area contributed by atoms with Crippen LogP contribution in [0.2, 0.25) is 0 Å². The van der Waals surface area contributed by atoms with Gasteiger partial charge in [-0.1, -0.05) is 6.92 Å². The predicted octanol–water partition coefficient (Wildman–Crippen LogP) is 1.68. The lowest BCUT2D eigenvalue weighted by atomic mass is 10.1. The second kappa shape index (κ2) is 6.57. The summed E-state index contributed by atoms with van der Waals surface area (Å²) in [6.07, 6.45) is 0.863. The number of hydrogen-bond donors (Lipinski definition) is 1. The average Bonchev–Trinajstić information content (AvgIpc) is 2.37. The molecule has 0 atom stereocenters. The summed E-state index contributed by atoms with van der Waals surface area (Å²) in [5.74, 6) is 0. The quantitative estimate of drug-likeness (QED) is 0.611. The van der Waals surface area contributed by atoms with Crippen LogP contribution in [0.15, 0.2) is 18.2 Å². The van der Waals surface area contributed by atoms with Gasteiger partial charge in [0, 0.05) is 25.2 Å². The van der Waals surface area contributed by atoms with Gasteiger partial charge in [-0.25, -0.2) is 0 Å². The molecule has 1 rings (SSSR count). The van der Waals surface area contributed by atoms with E-state index in [0.29, 0.717) is 18.8 Å². The van der Waals surface area contributed by atoms with E-state index in [1.54, 1.807) is 6.07 Å². The number of non-ortho nitro benzene ring substituents is 1. The number of nitrogens with zero attached hydrogens (tertiary/aromatic N) is 3. The number of benzene rings is 1. The minimum Gasteiger partial charge on any atom is -0.395 e. The van der Waals surface area contributed by atoms with Gasteiger partial charge in [0.2, 0.25) is 0 Å². The normalized spacial score (nSPS) is 9.83. The highest BCUT2D eigenvalue weighted by Gasteiger charge is 2.14. The number of nitro benzene ring substituents is 1. The van der Waals surface area contributed by atoms with Crippen LogP contribution in [-0.2, 0) is 0 Å². The van der Waals surface area contributed by atoms with Crippen molar-refractivity contribution in [3.63, 3.8) is 0 Å². The number of hydrogen-bond acceptors (Lipinski definition) is 5. The van der Waals surface area contributed by atoms with Crippen molar-refractivity contribution in [3.05, 3.63) is 33.9 Å². The van der Waals surface area contributed by atoms with E-state index in [2.05, 4.69) is 0 Å². The summed E-state index contributed by atoms with van der Waals surface area (Å²) in [6, 6.07) is 6.15. The van der Waals surface area contributed by atoms with Crippen molar-refractivity contribution in [2.75, 3.05) is 24.6 Å². The maximum Gasteiger partial charge on any atom is 0.270 e. The number of anilines is 1. The molecule has 0 aromatic heterocycles. The number of nitriles is 1. The Morgan fingerprint density at radius 3 is 2.72 bits per heavy atom. The molecule has 0 saturated heterocycles. The van der Waals surface area contributed by atoms with Crippen molar-refractivity contribution in [1.82, 2.24) is 0 Å². The fourth-order valence-corrected chi connectivity index (χ4v) is 1.75. The Morgan fingerprint density at radius 2 is 2.22 bits per heavy atom. The average molecular weight is 249 g/mol. The maximum absolute atomic E-state index is 10.6. The molecule has 18 heavy (non-hydrogen) atoms. The standard InChI is InChI=1S/C12H15N3O3/c1-2-5-14(6-7-16)12-4-3-11(15(17)18)8-10(12)9-13/h3-4,8,16H,2,5-7H2,1H3. The lowest BCUT2D eigenvalue weighted by molar-refractivity contribution is -0.384. The number of aliphatic hydroxyl groups excluding tert-OH is 1. The van der Waals surface area contributed by atoms with Crippen molar-refractivity contribution in [3.8, 4) is 6.07 Å². The Balaban J connectivity index is 3.14. The summed E-state index contributed by atoms with van der Waals surface area (Å²) in [7, 11) is 0. The summed E-state index contributed by atoms with van der Waals surface area (Å²) < 4.78 is 0. The highest BCUT2D eigenvalue weighted by atomic mass is 16.6. The van der Waals surface area contributed by atoms with Crippen LogP contribution in [0.25, 0.3) is 0 Å². The number of aliphatic hydroxyl groups is 1. The predicted molar refractivity (Wildman–Crippen MR) is 67.4 cm³/mol. The molecule has 6 heteroatoms. The Kier molecular flexibility index (Phi) is 5.08. The first-order chi connectivity index (χ1) is 8.63.